The lowest BCUT2D eigenvalue weighted by Gasteiger charge is -2.48. The molecule has 212 valence electrons. The summed E-state index contributed by atoms with van der Waals surface area (Å²) in [5.74, 6) is 0.592. The topological polar surface area (TPSA) is 98.9 Å². The average molecular weight is 529 g/mol. The maximum absolute atomic E-state index is 12.0. The van der Waals surface area contributed by atoms with E-state index in [9.17, 15) is 4.79 Å². The number of carbonyl (C=O) groups excluding carboxylic acids is 1. The maximum Gasteiger partial charge on any atom is 0.246 e. The molecule has 3 saturated heterocycles. The molecule has 5 N–H and O–H groups in total. The fourth-order valence-corrected chi connectivity index (χ4v) is 7.86. The third-order valence-electron chi connectivity index (χ3n) is 10.1. The Morgan fingerprint density at radius 1 is 1.13 bits per heavy atom. The molecule has 5 fully saturated rings. The van der Waals surface area contributed by atoms with E-state index in [4.69, 9.17) is 9.47 Å². The van der Waals surface area contributed by atoms with Crippen LogP contribution < -0.4 is 26.6 Å². The normalized spacial score (nSPS) is 43.6. The number of fused-ring (bicyclic) bond motifs is 2. The summed E-state index contributed by atoms with van der Waals surface area (Å²) >= 11 is 0. The number of ether oxygens (including phenoxy) is 2. The van der Waals surface area contributed by atoms with Gasteiger partial charge in [-0.2, -0.15) is 0 Å². The molecule has 0 spiro atoms. The van der Waals surface area contributed by atoms with Crippen LogP contribution in [0, 0.1) is 5.92 Å². The van der Waals surface area contributed by atoms with E-state index >= 15 is 0 Å². The molecule has 4 aliphatic heterocycles. The highest BCUT2D eigenvalue weighted by molar-refractivity contribution is 5.87. The van der Waals surface area contributed by atoms with Crippen LogP contribution in [0.25, 0.3) is 0 Å². The first-order valence-corrected chi connectivity index (χ1v) is 15.2. The standard InChI is InChI=1S/C29H48N6O3/c1-3-27(36)35-12-10-19(11-13-35)22-6-7-23-28(34-22)29(31-16-30-23)33-20-4-8-25(18(2)14-20)38-21-5-9-26-24(15-21)32-17-37-26/h3,10,18,20-26,28-34H,1,4-9,11-17H2,2H3. The van der Waals surface area contributed by atoms with Gasteiger partial charge in [-0.1, -0.05) is 25.2 Å². The van der Waals surface area contributed by atoms with E-state index in [1.807, 2.05) is 4.90 Å². The highest BCUT2D eigenvalue weighted by atomic mass is 16.5. The smallest absolute Gasteiger partial charge is 0.246 e. The predicted molar refractivity (Wildman–Crippen MR) is 147 cm³/mol. The minimum atomic E-state index is 0.0315. The van der Waals surface area contributed by atoms with Crippen molar-refractivity contribution in [1.29, 1.82) is 0 Å². The Labute approximate surface area is 227 Å². The van der Waals surface area contributed by atoms with Crippen LogP contribution in [-0.2, 0) is 14.3 Å². The first-order chi connectivity index (χ1) is 18.6. The third kappa shape index (κ3) is 5.89. The molecular formula is C29H48N6O3. The number of hydrogen-bond acceptors (Lipinski definition) is 8. The number of carbonyl (C=O) groups is 1. The van der Waals surface area contributed by atoms with Crippen molar-refractivity contribution in [3.63, 3.8) is 0 Å². The molecule has 0 aromatic carbocycles. The summed E-state index contributed by atoms with van der Waals surface area (Å²) < 4.78 is 12.5. The van der Waals surface area contributed by atoms with Crippen molar-refractivity contribution in [3.05, 3.63) is 24.3 Å². The summed E-state index contributed by atoms with van der Waals surface area (Å²) in [4.78, 5) is 13.9. The Hall–Kier alpha value is -1.33. The van der Waals surface area contributed by atoms with Crippen LogP contribution in [0.15, 0.2) is 24.3 Å². The van der Waals surface area contributed by atoms with Gasteiger partial charge in [0.05, 0.1) is 37.3 Å². The second kappa shape index (κ2) is 12.0. The number of amides is 1. The molecule has 6 rings (SSSR count). The molecule has 10 atom stereocenters. The molecule has 0 bridgehead atoms. The SMILES string of the molecule is C=CC(=O)N1CC=C(C2CCC3NCNC(NC4CCC(OC5CCC6OCNC6C5)C(C)C4)C3N2)CC1. The second-order valence-electron chi connectivity index (χ2n) is 12.4. The molecule has 4 heterocycles. The Balaban J connectivity index is 1.00. The van der Waals surface area contributed by atoms with Gasteiger partial charge in [-0.15, -0.1) is 0 Å². The molecule has 9 heteroatoms. The van der Waals surface area contributed by atoms with Crippen LogP contribution in [0.2, 0.25) is 0 Å². The summed E-state index contributed by atoms with van der Waals surface area (Å²) in [6.07, 6.45) is 15.1. The van der Waals surface area contributed by atoms with Crippen molar-refractivity contribution in [2.75, 3.05) is 26.5 Å². The molecule has 0 aromatic rings. The van der Waals surface area contributed by atoms with Crippen LogP contribution in [0.4, 0.5) is 0 Å². The fourth-order valence-electron chi connectivity index (χ4n) is 7.86. The van der Waals surface area contributed by atoms with E-state index in [1.54, 1.807) is 0 Å². The fraction of sp³-hybridized carbons (Fsp3) is 0.828. The molecule has 2 saturated carbocycles. The van der Waals surface area contributed by atoms with Crippen molar-refractivity contribution in [1.82, 2.24) is 31.5 Å². The average Bonchev–Trinajstić information content (AvgIpc) is 3.42. The molecule has 1 amide bonds. The van der Waals surface area contributed by atoms with Crippen molar-refractivity contribution < 1.29 is 14.3 Å². The van der Waals surface area contributed by atoms with Crippen LogP contribution in [-0.4, -0.2) is 92.0 Å². The lowest BCUT2D eigenvalue weighted by Crippen LogP contribution is -2.73. The van der Waals surface area contributed by atoms with Crippen LogP contribution in [0.1, 0.15) is 64.7 Å². The van der Waals surface area contributed by atoms with Gasteiger partial charge in [0.2, 0.25) is 5.91 Å². The van der Waals surface area contributed by atoms with E-state index < -0.39 is 0 Å². The van der Waals surface area contributed by atoms with Crippen LogP contribution in [0.5, 0.6) is 0 Å². The Morgan fingerprint density at radius 3 is 2.87 bits per heavy atom. The summed E-state index contributed by atoms with van der Waals surface area (Å²) in [6, 6.07) is 2.20. The van der Waals surface area contributed by atoms with E-state index in [0.29, 0.717) is 67.7 Å². The Kier molecular flexibility index (Phi) is 8.52. The predicted octanol–water partition coefficient (Wildman–Crippen LogP) is 1.33. The van der Waals surface area contributed by atoms with Gasteiger partial charge in [-0.05, 0) is 69.8 Å². The maximum atomic E-state index is 12.0. The zero-order chi connectivity index (χ0) is 26.1. The van der Waals surface area contributed by atoms with Gasteiger partial charge in [-0.25, -0.2) is 0 Å². The highest BCUT2D eigenvalue weighted by Crippen LogP contribution is 2.33. The van der Waals surface area contributed by atoms with Crippen LogP contribution in [0.3, 0.4) is 0 Å². The van der Waals surface area contributed by atoms with Crippen molar-refractivity contribution >= 4 is 5.91 Å². The number of piperidine rings is 1. The zero-order valence-corrected chi connectivity index (χ0v) is 23.0. The van der Waals surface area contributed by atoms with E-state index in [-0.39, 0.29) is 12.1 Å². The van der Waals surface area contributed by atoms with Gasteiger partial charge >= 0.3 is 0 Å². The number of nitrogens with zero attached hydrogens (tertiary/aromatic N) is 1. The van der Waals surface area contributed by atoms with E-state index in [0.717, 1.165) is 58.2 Å². The molecule has 6 aliphatic rings. The summed E-state index contributed by atoms with van der Waals surface area (Å²) in [5.41, 5.74) is 1.46. The lowest BCUT2D eigenvalue weighted by atomic mass is 9.82. The van der Waals surface area contributed by atoms with Gasteiger partial charge in [0.25, 0.3) is 0 Å². The molecule has 0 radical (unpaired) electrons. The molecule has 10 unspecified atom stereocenters. The molecular weight excluding hydrogens is 480 g/mol. The van der Waals surface area contributed by atoms with Gasteiger partial charge in [0.1, 0.15) is 0 Å². The second-order valence-corrected chi connectivity index (χ2v) is 12.4. The number of nitrogens with one attached hydrogen (secondary N) is 5. The minimum Gasteiger partial charge on any atom is -0.375 e. The van der Waals surface area contributed by atoms with Crippen molar-refractivity contribution in [2.45, 2.75) is 119 Å². The van der Waals surface area contributed by atoms with Gasteiger partial charge in [0.15, 0.2) is 0 Å². The monoisotopic (exact) mass is 528 g/mol. The van der Waals surface area contributed by atoms with Gasteiger partial charge in [0, 0.05) is 43.9 Å². The molecule has 9 nitrogen and oxygen atoms in total. The van der Waals surface area contributed by atoms with Crippen LogP contribution >= 0.6 is 0 Å². The molecule has 2 aliphatic carbocycles. The third-order valence-corrected chi connectivity index (χ3v) is 10.1. The molecule has 38 heavy (non-hydrogen) atoms. The largest absolute Gasteiger partial charge is 0.375 e. The minimum absolute atomic E-state index is 0.0315. The summed E-state index contributed by atoms with van der Waals surface area (Å²) in [6.45, 7) is 9.04. The highest BCUT2D eigenvalue weighted by Gasteiger charge is 2.41. The lowest BCUT2D eigenvalue weighted by molar-refractivity contribution is -0.125. The Bertz CT molecular complexity index is 884. The quantitative estimate of drug-likeness (QED) is 0.260. The molecule has 0 aromatic heterocycles. The van der Waals surface area contributed by atoms with Crippen molar-refractivity contribution in [2.24, 2.45) is 5.92 Å². The Morgan fingerprint density at radius 2 is 2.05 bits per heavy atom. The van der Waals surface area contributed by atoms with Crippen molar-refractivity contribution in [3.8, 4) is 0 Å². The van der Waals surface area contributed by atoms with Gasteiger partial charge < -0.3 is 19.7 Å². The van der Waals surface area contributed by atoms with E-state index in [1.165, 1.54) is 24.5 Å². The first kappa shape index (κ1) is 26.9. The number of hydrogen-bond donors (Lipinski definition) is 5. The number of rotatable bonds is 6. The first-order valence-electron chi connectivity index (χ1n) is 15.2. The van der Waals surface area contributed by atoms with E-state index in [2.05, 4.69) is 46.2 Å². The zero-order valence-electron chi connectivity index (χ0n) is 23.0. The summed E-state index contributed by atoms with van der Waals surface area (Å²) in [5, 5.41) is 18.9. The summed E-state index contributed by atoms with van der Waals surface area (Å²) in [7, 11) is 0. The van der Waals surface area contributed by atoms with Gasteiger partial charge in [-0.3, -0.25) is 26.1 Å².